The molecule has 1 N–H and O–H groups in total. The molecule has 2 aliphatic heterocycles. The molecule has 1 atom stereocenters. The minimum Gasteiger partial charge on any atom is -0.329 e. The van der Waals surface area contributed by atoms with E-state index in [0.29, 0.717) is 42.5 Å². The standard InChI is InChI=1S/C23H19IN2O4/c1-13-2-10-19(21(28)25-13)26-22(29)17-9-3-14(12-18(17)23(26)30)4-11-20(27)15-5-7-16(24)8-6-15/h3,5-9,12,19H,1-2,4,10-11H2,(H,25,28). The largest absolute Gasteiger partial charge is 0.329 e. The van der Waals surface area contributed by atoms with Gasteiger partial charge in [-0.15, -0.1) is 0 Å². The molecule has 152 valence electrons. The fourth-order valence-corrected chi connectivity index (χ4v) is 4.15. The summed E-state index contributed by atoms with van der Waals surface area (Å²) in [7, 11) is 0. The zero-order chi connectivity index (χ0) is 21.4. The molecule has 30 heavy (non-hydrogen) atoms. The normalized spacial score (nSPS) is 18.4. The van der Waals surface area contributed by atoms with E-state index in [-0.39, 0.29) is 17.3 Å². The van der Waals surface area contributed by atoms with Crippen molar-refractivity contribution in [2.24, 2.45) is 0 Å². The number of rotatable bonds is 5. The lowest BCUT2D eigenvalue weighted by Gasteiger charge is -2.29. The molecule has 4 rings (SSSR count). The van der Waals surface area contributed by atoms with Crippen LogP contribution in [0.1, 0.15) is 55.9 Å². The van der Waals surface area contributed by atoms with E-state index in [4.69, 9.17) is 0 Å². The summed E-state index contributed by atoms with van der Waals surface area (Å²) in [5.41, 5.74) is 2.63. The number of ketones is 1. The smallest absolute Gasteiger partial charge is 0.262 e. The number of allylic oxidation sites excluding steroid dienone is 1. The summed E-state index contributed by atoms with van der Waals surface area (Å²) >= 11 is 2.19. The molecular formula is C23H19IN2O4. The van der Waals surface area contributed by atoms with Crippen LogP contribution in [0.25, 0.3) is 0 Å². The van der Waals surface area contributed by atoms with E-state index in [9.17, 15) is 19.2 Å². The third kappa shape index (κ3) is 3.81. The molecular weight excluding hydrogens is 495 g/mol. The molecule has 2 aliphatic rings. The predicted octanol–water partition coefficient (Wildman–Crippen LogP) is 3.50. The van der Waals surface area contributed by atoms with E-state index in [0.717, 1.165) is 14.0 Å². The first-order chi connectivity index (χ1) is 14.3. The van der Waals surface area contributed by atoms with E-state index in [1.54, 1.807) is 30.3 Å². The van der Waals surface area contributed by atoms with Gasteiger partial charge in [-0.3, -0.25) is 24.1 Å². The molecule has 0 radical (unpaired) electrons. The van der Waals surface area contributed by atoms with E-state index < -0.39 is 17.9 Å². The predicted molar refractivity (Wildman–Crippen MR) is 119 cm³/mol. The number of fused-ring (bicyclic) bond motifs is 1. The van der Waals surface area contributed by atoms with Gasteiger partial charge in [0.2, 0.25) is 5.91 Å². The van der Waals surface area contributed by atoms with E-state index >= 15 is 0 Å². The molecule has 2 aromatic carbocycles. The number of piperidine rings is 1. The van der Waals surface area contributed by atoms with Crippen LogP contribution >= 0.6 is 22.6 Å². The number of carbonyl (C=O) groups is 4. The Hall–Kier alpha value is -2.81. The van der Waals surface area contributed by atoms with Crippen molar-refractivity contribution in [2.45, 2.75) is 31.7 Å². The average molecular weight is 514 g/mol. The zero-order valence-corrected chi connectivity index (χ0v) is 18.3. The maximum absolute atomic E-state index is 12.9. The minimum atomic E-state index is -0.825. The minimum absolute atomic E-state index is 0.0232. The van der Waals surface area contributed by atoms with Crippen LogP contribution in [0.15, 0.2) is 54.7 Å². The van der Waals surface area contributed by atoms with Crippen molar-refractivity contribution in [3.05, 3.63) is 80.6 Å². The van der Waals surface area contributed by atoms with Gasteiger partial charge in [0.15, 0.2) is 5.78 Å². The molecule has 0 saturated carbocycles. The van der Waals surface area contributed by atoms with Crippen LogP contribution in [0.5, 0.6) is 0 Å². The molecule has 0 aromatic heterocycles. The maximum Gasteiger partial charge on any atom is 0.262 e. The topological polar surface area (TPSA) is 83.6 Å². The fourth-order valence-electron chi connectivity index (χ4n) is 3.79. The lowest BCUT2D eigenvalue weighted by Crippen LogP contribution is -2.51. The highest BCUT2D eigenvalue weighted by Gasteiger charge is 2.43. The number of halogens is 1. The highest BCUT2D eigenvalue weighted by atomic mass is 127. The summed E-state index contributed by atoms with van der Waals surface area (Å²) in [6, 6.07) is 11.6. The maximum atomic E-state index is 12.9. The van der Waals surface area contributed by atoms with Gasteiger partial charge in [-0.2, -0.15) is 0 Å². The molecule has 1 saturated heterocycles. The molecule has 0 aliphatic carbocycles. The number of amides is 3. The van der Waals surface area contributed by atoms with Crippen LogP contribution in [0, 0.1) is 3.57 Å². The Balaban J connectivity index is 1.49. The summed E-state index contributed by atoms with van der Waals surface area (Å²) in [6.45, 7) is 3.73. The van der Waals surface area contributed by atoms with Crippen molar-refractivity contribution in [2.75, 3.05) is 0 Å². The molecule has 2 aromatic rings. The number of Topliss-reactive ketones (excluding diaryl/α,β-unsaturated/α-hetero) is 1. The van der Waals surface area contributed by atoms with Crippen molar-refractivity contribution in [1.82, 2.24) is 10.2 Å². The first kappa shape index (κ1) is 20.5. The van der Waals surface area contributed by atoms with Crippen LogP contribution in [0.2, 0.25) is 0 Å². The second-order valence-electron chi connectivity index (χ2n) is 7.44. The van der Waals surface area contributed by atoms with Gasteiger partial charge < -0.3 is 5.32 Å². The first-order valence-corrected chi connectivity index (χ1v) is 10.7. The highest BCUT2D eigenvalue weighted by Crippen LogP contribution is 2.29. The number of nitrogens with one attached hydrogen (secondary N) is 1. The van der Waals surface area contributed by atoms with Crippen LogP contribution in [-0.2, 0) is 11.2 Å². The molecule has 1 unspecified atom stereocenters. The van der Waals surface area contributed by atoms with Crippen molar-refractivity contribution in [1.29, 1.82) is 0 Å². The summed E-state index contributed by atoms with van der Waals surface area (Å²) < 4.78 is 1.06. The second-order valence-corrected chi connectivity index (χ2v) is 8.68. The number of benzene rings is 2. The SMILES string of the molecule is C=C1CCC(N2C(=O)c3ccc(CCC(=O)c4ccc(I)cc4)cc3C2=O)C(=O)N1. The van der Waals surface area contributed by atoms with Gasteiger partial charge in [-0.05, 0) is 71.7 Å². The van der Waals surface area contributed by atoms with Gasteiger partial charge in [-0.1, -0.05) is 24.8 Å². The van der Waals surface area contributed by atoms with Gasteiger partial charge >= 0.3 is 0 Å². The first-order valence-electron chi connectivity index (χ1n) is 9.63. The second kappa shape index (κ2) is 8.14. The van der Waals surface area contributed by atoms with Crippen LogP contribution in [0.4, 0.5) is 0 Å². The zero-order valence-electron chi connectivity index (χ0n) is 16.1. The summed E-state index contributed by atoms with van der Waals surface area (Å²) in [4.78, 5) is 51.4. The van der Waals surface area contributed by atoms with Crippen molar-refractivity contribution >= 4 is 46.1 Å². The number of hydrogen-bond donors (Lipinski definition) is 1. The summed E-state index contributed by atoms with van der Waals surface area (Å²) in [6.07, 6.45) is 1.66. The number of imide groups is 1. The number of hydrogen-bond acceptors (Lipinski definition) is 4. The average Bonchev–Trinajstić information content (AvgIpc) is 2.97. The molecule has 1 fully saturated rings. The third-order valence-corrected chi connectivity index (χ3v) is 6.14. The Morgan fingerprint density at radius 1 is 1.07 bits per heavy atom. The summed E-state index contributed by atoms with van der Waals surface area (Å²) in [5, 5.41) is 2.62. The Labute approximate surface area is 187 Å². The van der Waals surface area contributed by atoms with Crippen molar-refractivity contribution in [3.63, 3.8) is 0 Å². The Morgan fingerprint density at radius 3 is 2.47 bits per heavy atom. The quantitative estimate of drug-likeness (QED) is 0.376. The van der Waals surface area contributed by atoms with Crippen LogP contribution in [0.3, 0.4) is 0 Å². The number of carbonyl (C=O) groups excluding carboxylic acids is 4. The van der Waals surface area contributed by atoms with E-state index in [2.05, 4.69) is 34.5 Å². The van der Waals surface area contributed by atoms with Gasteiger partial charge in [0, 0.05) is 21.3 Å². The van der Waals surface area contributed by atoms with Gasteiger partial charge in [0.1, 0.15) is 6.04 Å². The summed E-state index contributed by atoms with van der Waals surface area (Å²) in [5.74, 6) is -1.28. The van der Waals surface area contributed by atoms with Crippen molar-refractivity contribution in [3.8, 4) is 0 Å². The number of aryl methyl sites for hydroxylation is 1. The molecule has 0 bridgehead atoms. The molecule has 2 heterocycles. The molecule has 7 heteroatoms. The van der Waals surface area contributed by atoms with Gasteiger partial charge in [-0.25, -0.2) is 0 Å². The van der Waals surface area contributed by atoms with E-state index in [1.807, 2.05) is 12.1 Å². The van der Waals surface area contributed by atoms with E-state index in [1.165, 1.54) is 0 Å². The Morgan fingerprint density at radius 2 is 1.77 bits per heavy atom. The number of nitrogens with zero attached hydrogens (tertiary/aromatic N) is 1. The van der Waals surface area contributed by atoms with Gasteiger partial charge in [0.25, 0.3) is 11.8 Å². The third-order valence-electron chi connectivity index (χ3n) is 5.42. The molecule has 0 spiro atoms. The lowest BCUT2D eigenvalue weighted by molar-refractivity contribution is -0.125. The van der Waals surface area contributed by atoms with Crippen molar-refractivity contribution < 1.29 is 19.2 Å². The fraction of sp³-hybridized carbons (Fsp3) is 0.217. The lowest BCUT2D eigenvalue weighted by atomic mass is 9.99. The monoisotopic (exact) mass is 514 g/mol. The van der Waals surface area contributed by atoms with Crippen LogP contribution < -0.4 is 5.32 Å². The molecule has 3 amide bonds. The van der Waals surface area contributed by atoms with Gasteiger partial charge in [0.05, 0.1) is 11.1 Å². The highest BCUT2D eigenvalue weighted by molar-refractivity contribution is 14.1. The van der Waals surface area contributed by atoms with Crippen LogP contribution in [-0.4, -0.2) is 34.4 Å². The Kier molecular flexibility index (Phi) is 5.55. The molecule has 6 nitrogen and oxygen atoms in total. The Bertz CT molecular complexity index is 1090.